The molecular formula is C37H37N5O. The number of carbonyl (C=O) groups is 1. The van der Waals surface area contributed by atoms with Gasteiger partial charge in [0, 0.05) is 52.7 Å². The fraction of sp³-hybridized carbons (Fsp3) is 0.216. The van der Waals surface area contributed by atoms with Crippen LogP contribution in [-0.4, -0.2) is 22.4 Å². The molecule has 43 heavy (non-hydrogen) atoms. The highest BCUT2D eigenvalue weighted by Crippen LogP contribution is 2.38. The van der Waals surface area contributed by atoms with Gasteiger partial charge in [0.2, 0.25) is 0 Å². The van der Waals surface area contributed by atoms with Crippen LogP contribution in [0, 0.1) is 0 Å². The lowest BCUT2D eigenvalue weighted by Crippen LogP contribution is -2.31. The maximum absolute atomic E-state index is 13.1. The second kappa shape index (κ2) is 12.1. The molecule has 2 aliphatic rings. The molecule has 4 heterocycles. The normalized spacial score (nSPS) is 15.1. The van der Waals surface area contributed by atoms with Gasteiger partial charge in [-0.05, 0) is 96.8 Å². The molecule has 0 unspecified atom stereocenters. The van der Waals surface area contributed by atoms with Crippen molar-refractivity contribution in [3.05, 3.63) is 143 Å². The molecule has 6 nitrogen and oxygen atoms in total. The molecule has 1 amide bonds. The van der Waals surface area contributed by atoms with Gasteiger partial charge in [-0.25, -0.2) is 4.98 Å². The van der Waals surface area contributed by atoms with Crippen LogP contribution in [0.25, 0.3) is 10.9 Å². The molecule has 0 fully saturated rings. The third kappa shape index (κ3) is 5.61. The van der Waals surface area contributed by atoms with Gasteiger partial charge in [0.15, 0.2) is 0 Å². The summed E-state index contributed by atoms with van der Waals surface area (Å²) in [4.78, 5) is 24.5. The Kier molecular flexibility index (Phi) is 7.93. The number of benzene rings is 2. The number of para-hydroxylation sites is 1. The number of nitrogens with one attached hydrogen (secondary N) is 2. The summed E-state index contributed by atoms with van der Waals surface area (Å²) in [5.41, 5.74) is 10.9. The monoisotopic (exact) mass is 567 g/mol. The van der Waals surface area contributed by atoms with Gasteiger partial charge in [-0.15, -0.1) is 0 Å². The number of nitrogens with zero attached hydrogens (tertiary/aromatic N) is 3. The molecule has 6 heteroatoms. The van der Waals surface area contributed by atoms with Crippen LogP contribution in [0.3, 0.4) is 0 Å². The fourth-order valence-electron chi connectivity index (χ4n) is 6.06. The van der Waals surface area contributed by atoms with E-state index in [0.29, 0.717) is 23.6 Å². The average Bonchev–Trinajstić information content (AvgIpc) is 3.22. The van der Waals surface area contributed by atoms with E-state index in [0.717, 1.165) is 65.8 Å². The molecule has 4 aromatic rings. The molecule has 2 aromatic carbocycles. The van der Waals surface area contributed by atoms with Crippen molar-refractivity contribution in [1.29, 1.82) is 0 Å². The number of aryl methyl sites for hydroxylation is 2. The Hall–Kier alpha value is -4.97. The Labute approximate surface area is 253 Å². The lowest BCUT2D eigenvalue weighted by atomic mass is 9.95. The number of rotatable bonds is 8. The van der Waals surface area contributed by atoms with Crippen molar-refractivity contribution in [3.63, 3.8) is 0 Å². The zero-order valence-corrected chi connectivity index (χ0v) is 24.9. The minimum atomic E-state index is -0.0747. The first-order valence-electron chi connectivity index (χ1n) is 15.0. The first-order chi connectivity index (χ1) is 21.0. The minimum Gasteiger partial charge on any atom is -0.352 e. The van der Waals surface area contributed by atoms with Crippen molar-refractivity contribution >= 4 is 28.3 Å². The summed E-state index contributed by atoms with van der Waals surface area (Å²) >= 11 is 0. The van der Waals surface area contributed by atoms with Crippen LogP contribution in [0.15, 0.2) is 121 Å². The summed E-state index contributed by atoms with van der Waals surface area (Å²) in [6.45, 7) is 13.8. The van der Waals surface area contributed by atoms with Crippen LogP contribution >= 0.6 is 0 Å². The predicted molar refractivity (Wildman–Crippen MR) is 176 cm³/mol. The van der Waals surface area contributed by atoms with Crippen LogP contribution < -0.4 is 15.5 Å². The van der Waals surface area contributed by atoms with Gasteiger partial charge in [0.1, 0.15) is 5.82 Å². The zero-order valence-electron chi connectivity index (χ0n) is 24.9. The first kappa shape index (κ1) is 28.2. The Morgan fingerprint density at radius 3 is 2.53 bits per heavy atom. The minimum absolute atomic E-state index is 0.0747. The highest BCUT2D eigenvalue weighted by Gasteiger charge is 2.31. The second-order valence-electron chi connectivity index (χ2n) is 11.0. The molecule has 0 saturated carbocycles. The average molecular weight is 568 g/mol. The molecule has 0 aliphatic carbocycles. The third-order valence-corrected chi connectivity index (χ3v) is 8.32. The molecule has 6 rings (SSSR count). The summed E-state index contributed by atoms with van der Waals surface area (Å²) in [5.74, 6) is 0.605. The molecule has 216 valence electrons. The Morgan fingerprint density at radius 2 is 1.79 bits per heavy atom. The maximum atomic E-state index is 13.1. The second-order valence-corrected chi connectivity index (χ2v) is 11.0. The van der Waals surface area contributed by atoms with E-state index < -0.39 is 0 Å². The van der Waals surface area contributed by atoms with Gasteiger partial charge in [0.05, 0.1) is 11.1 Å². The third-order valence-electron chi connectivity index (χ3n) is 8.32. The highest BCUT2D eigenvalue weighted by molar-refractivity contribution is 6.00. The van der Waals surface area contributed by atoms with Gasteiger partial charge in [0.25, 0.3) is 5.91 Å². The predicted octanol–water partition coefficient (Wildman–Crippen LogP) is 7.40. The number of hydrogen-bond donors (Lipinski definition) is 2. The SMILES string of the molecule is C=C(Nc1ccc(Cc2ccnc3cc(CC)c(CC)cc23)cn1)C1=CC2=C(CCCNC2=O)N(c2ccccc2)C1=C. The molecule has 0 radical (unpaired) electrons. The van der Waals surface area contributed by atoms with Gasteiger partial charge in [-0.2, -0.15) is 0 Å². The molecule has 0 saturated heterocycles. The summed E-state index contributed by atoms with van der Waals surface area (Å²) in [6, 6.07) is 20.8. The topological polar surface area (TPSA) is 70.1 Å². The Balaban J connectivity index is 1.24. The largest absolute Gasteiger partial charge is 0.352 e. The molecule has 0 spiro atoms. The van der Waals surface area contributed by atoms with Crippen molar-refractivity contribution in [2.24, 2.45) is 0 Å². The molecule has 2 N–H and O–H groups in total. The molecule has 0 atom stereocenters. The van der Waals surface area contributed by atoms with Crippen LogP contribution in [-0.2, 0) is 24.1 Å². The molecule has 2 aliphatic heterocycles. The lowest BCUT2D eigenvalue weighted by Gasteiger charge is -2.35. The lowest BCUT2D eigenvalue weighted by molar-refractivity contribution is -0.117. The highest BCUT2D eigenvalue weighted by atomic mass is 16.1. The van der Waals surface area contributed by atoms with E-state index in [1.54, 1.807) is 0 Å². The van der Waals surface area contributed by atoms with Gasteiger partial charge >= 0.3 is 0 Å². The van der Waals surface area contributed by atoms with Crippen molar-refractivity contribution < 1.29 is 4.79 Å². The summed E-state index contributed by atoms with van der Waals surface area (Å²) in [5, 5.41) is 7.59. The number of fused-ring (bicyclic) bond motifs is 1. The Morgan fingerprint density at radius 1 is 1.00 bits per heavy atom. The standard InChI is InChI=1S/C37H37N5O/c1-5-27-20-32-29(16-18-38-34(32)21-28(27)6-2)19-26-14-15-36(40-23-26)41-24(3)31-22-33-35(13-10-17-39-37(33)43)42(25(31)4)30-11-8-7-9-12-30/h7-9,11-12,14-16,18,20-23H,3-6,10,13,17,19H2,1-2H3,(H,39,43)(H,40,41). The van der Waals surface area contributed by atoms with E-state index in [1.807, 2.05) is 54.9 Å². The number of pyridine rings is 2. The summed E-state index contributed by atoms with van der Waals surface area (Å²) in [7, 11) is 0. The van der Waals surface area contributed by atoms with E-state index in [-0.39, 0.29) is 5.91 Å². The Bertz CT molecular complexity index is 1780. The van der Waals surface area contributed by atoms with E-state index in [9.17, 15) is 4.79 Å². The van der Waals surface area contributed by atoms with Gasteiger partial charge in [-0.1, -0.05) is 51.3 Å². The quantitative estimate of drug-likeness (QED) is 0.232. The van der Waals surface area contributed by atoms with Crippen LogP contribution in [0.1, 0.15) is 48.9 Å². The van der Waals surface area contributed by atoms with Gasteiger partial charge < -0.3 is 15.5 Å². The number of aromatic nitrogens is 2. The van der Waals surface area contributed by atoms with Crippen molar-refractivity contribution in [3.8, 4) is 0 Å². The van der Waals surface area contributed by atoms with E-state index >= 15 is 0 Å². The van der Waals surface area contributed by atoms with Crippen molar-refractivity contribution in [2.45, 2.75) is 46.0 Å². The van der Waals surface area contributed by atoms with Crippen molar-refractivity contribution in [1.82, 2.24) is 15.3 Å². The number of anilines is 2. The van der Waals surface area contributed by atoms with Gasteiger partial charge in [-0.3, -0.25) is 9.78 Å². The van der Waals surface area contributed by atoms with Crippen LogP contribution in [0.5, 0.6) is 0 Å². The van der Waals surface area contributed by atoms with Crippen LogP contribution in [0.2, 0.25) is 0 Å². The van der Waals surface area contributed by atoms with E-state index in [2.05, 4.69) is 71.8 Å². The smallest absolute Gasteiger partial charge is 0.253 e. The summed E-state index contributed by atoms with van der Waals surface area (Å²) in [6.07, 6.45) is 10.1. The summed E-state index contributed by atoms with van der Waals surface area (Å²) < 4.78 is 0. The number of allylic oxidation sites excluding steroid dienone is 1. The number of hydrogen-bond acceptors (Lipinski definition) is 5. The first-order valence-corrected chi connectivity index (χ1v) is 15.0. The maximum Gasteiger partial charge on any atom is 0.253 e. The number of carbonyl (C=O) groups excluding carboxylic acids is 1. The van der Waals surface area contributed by atoms with E-state index in [4.69, 9.17) is 4.98 Å². The molecule has 2 aromatic heterocycles. The molecular weight excluding hydrogens is 530 g/mol. The number of amides is 1. The molecule has 0 bridgehead atoms. The van der Waals surface area contributed by atoms with Crippen molar-refractivity contribution in [2.75, 3.05) is 16.8 Å². The van der Waals surface area contributed by atoms with Crippen LogP contribution in [0.4, 0.5) is 11.5 Å². The zero-order chi connectivity index (χ0) is 29.9. The van der Waals surface area contributed by atoms with E-state index in [1.165, 1.54) is 22.1 Å². The fourth-order valence-corrected chi connectivity index (χ4v) is 6.06.